The molecule has 0 unspecified atom stereocenters. The number of nitro groups is 1. The van der Waals surface area contributed by atoms with Gasteiger partial charge in [0.25, 0.3) is 11.2 Å². The second-order valence-electron chi connectivity index (χ2n) is 6.36. The summed E-state index contributed by atoms with van der Waals surface area (Å²) in [6.45, 7) is 0.475. The highest BCUT2D eigenvalue weighted by molar-refractivity contribution is 7.99. The molecule has 1 aromatic heterocycles. The zero-order valence-corrected chi connectivity index (χ0v) is 16.5. The topological polar surface area (TPSA) is 78.0 Å². The Morgan fingerprint density at radius 2 is 1.86 bits per heavy atom. The Kier molecular flexibility index (Phi) is 5.50. The summed E-state index contributed by atoms with van der Waals surface area (Å²) in [6.07, 6.45) is 0.812. The van der Waals surface area contributed by atoms with Crippen LogP contribution >= 0.6 is 23.5 Å². The molecule has 0 bridgehead atoms. The summed E-state index contributed by atoms with van der Waals surface area (Å²) < 4.78 is 1.74. The van der Waals surface area contributed by atoms with Gasteiger partial charge in [-0.25, -0.2) is 4.98 Å². The maximum atomic E-state index is 13.0. The molecule has 0 aliphatic carbocycles. The number of aryl methyl sites for hydroxylation is 1. The maximum Gasteiger partial charge on any atom is 0.269 e. The Labute approximate surface area is 170 Å². The standard InChI is InChI=1S/C20H17N3O3S2/c24-19-18-17(10-11-27-18)21-20(22(19)12-14-4-2-1-3-5-14)28-13-15-6-8-16(9-7-15)23(25)26/h1-9H,10-13H2. The van der Waals surface area contributed by atoms with E-state index in [9.17, 15) is 14.9 Å². The van der Waals surface area contributed by atoms with Crippen LogP contribution in [0.3, 0.4) is 0 Å². The van der Waals surface area contributed by atoms with Gasteiger partial charge in [-0.3, -0.25) is 19.5 Å². The molecular formula is C20H17N3O3S2. The Balaban J connectivity index is 1.62. The zero-order chi connectivity index (χ0) is 19.5. The largest absolute Gasteiger partial charge is 0.282 e. The van der Waals surface area contributed by atoms with E-state index in [-0.39, 0.29) is 11.2 Å². The van der Waals surface area contributed by atoms with Crippen LogP contribution in [0.15, 0.2) is 69.4 Å². The Hall–Kier alpha value is -2.58. The van der Waals surface area contributed by atoms with E-state index in [1.807, 2.05) is 30.3 Å². The third-order valence-corrected chi connectivity index (χ3v) is 6.60. The molecule has 0 fully saturated rings. The van der Waals surface area contributed by atoms with Gasteiger partial charge in [-0.05, 0) is 11.1 Å². The molecule has 0 N–H and O–H groups in total. The van der Waals surface area contributed by atoms with E-state index in [2.05, 4.69) is 0 Å². The molecule has 1 aliphatic rings. The molecular weight excluding hydrogens is 394 g/mol. The van der Waals surface area contributed by atoms with Gasteiger partial charge in [-0.2, -0.15) is 0 Å². The molecule has 0 saturated carbocycles. The summed E-state index contributed by atoms with van der Waals surface area (Å²) in [5.41, 5.74) is 2.97. The highest BCUT2D eigenvalue weighted by Crippen LogP contribution is 2.30. The quantitative estimate of drug-likeness (QED) is 0.263. The van der Waals surface area contributed by atoms with Gasteiger partial charge in [0.15, 0.2) is 5.16 Å². The molecule has 6 nitrogen and oxygen atoms in total. The van der Waals surface area contributed by atoms with Crippen LogP contribution in [0.25, 0.3) is 0 Å². The van der Waals surface area contributed by atoms with Crippen LogP contribution < -0.4 is 5.56 Å². The second kappa shape index (κ2) is 8.20. The van der Waals surface area contributed by atoms with Gasteiger partial charge < -0.3 is 0 Å². The monoisotopic (exact) mass is 411 g/mol. The van der Waals surface area contributed by atoms with Crippen molar-refractivity contribution in [2.75, 3.05) is 5.75 Å². The van der Waals surface area contributed by atoms with Crippen molar-refractivity contribution in [3.05, 3.63) is 91.9 Å². The molecule has 4 rings (SSSR count). The lowest BCUT2D eigenvalue weighted by molar-refractivity contribution is -0.384. The molecule has 2 heterocycles. The summed E-state index contributed by atoms with van der Waals surface area (Å²) in [7, 11) is 0. The van der Waals surface area contributed by atoms with Crippen molar-refractivity contribution in [1.82, 2.24) is 9.55 Å². The van der Waals surface area contributed by atoms with Crippen LogP contribution in [-0.2, 0) is 18.7 Å². The SMILES string of the molecule is O=c1c2c(nc(SCc3ccc([N+](=O)[O-])cc3)n1Cc1ccccc1)CCS2. The van der Waals surface area contributed by atoms with E-state index in [4.69, 9.17) is 4.98 Å². The van der Waals surface area contributed by atoms with Gasteiger partial charge >= 0.3 is 0 Å². The molecule has 142 valence electrons. The second-order valence-corrected chi connectivity index (χ2v) is 8.41. The number of hydrogen-bond donors (Lipinski definition) is 0. The van der Waals surface area contributed by atoms with Crippen LogP contribution in [0.2, 0.25) is 0 Å². The van der Waals surface area contributed by atoms with Gasteiger partial charge in [-0.15, -0.1) is 11.8 Å². The van der Waals surface area contributed by atoms with E-state index in [0.29, 0.717) is 17.5 Å². The Morgan fingerprint density at radius 3 is 2.57 bits per heavy atom. The van der Waals surface area contributed by atoms with Crippen molar-refractivity contribution in [3.63, 3.8) is 0 Å². The van der Waals surface area contributed by atoms with Crippen LogP contribution in [0.4, 0.5) is 5.69 Å². The predicted octanol–water partition coefficient (Wildman–Crippen LogP) is 4.14. The van der Waals surface area contributed by atoms with Gasteiger partial charge in [0, 0.05) is 30.1 Å². The number of rotatable bonds is 6. The van der Waals surface area contributed by atoms with Crippen molar-refractivity contribution in [1.29, 1.82) is 0 Å². The Morgan fingerprint density at radius 1 is 1.11 bits per heavy atom. The van der Waals surface area contributed by atoms with Crippen molar-refractivity contribution < 1.29 is 4.92 Å². The fraction of sp³-hybridized carbons (Fsp3) is 0.200. The first-order valence-corrected chi connectivity index (χ1v) is 10.8. The van der Waals surface area contributed by atoms with Gasteiger partial charge in [0.2, 0.25) is 0 Å². The van der Waals surface area contributed by atoms with Crippen molar-refractivity contribution in [2.45, 2.75) is 28.8 Å². The van der Waals surface area contributed by atoms with Gasteiger partial charge in [0.05, 0.1) is 22.1 Å². The summed E-state index contributed by atoms with van der Waals surface area (Å²) in [6, 6.07) is 16.4. The molecule has 8 heteroatoms. The molecule has 1 aliphatic heterocycles. The number of fused-ring (bicyclic) bond motifs is 1. The smallest absolute Gasteiger partial charge is 0.269 e. The van der Waals surface area contributed by atoms with Crippen molar-refractivity contribution in [3.8, 4) is 0 Å². The van der Waals surface area contributed by atoms with E-state index < -0.39 is 4.92 Å². The third kappa shape index (κ3) is 3.98. The predicted molar refractivity (Wildman–Crippen MR) is 111 cm³/mol. The minimum atomic E-state index is -0.409. The van der Waals surface area contributed by atoms with E-state index in [0.717, 1.165) is 33.9 Å². The highest BCUT2D eigenvalue weighted by Gasteiger charge is 2.22. The minimum Gasteiger partial charge on any atom is -0.282 e. The lowest BCUT2D eigenvalue weighted by Gasteiger charge is -2.14. The summed E-state index contributed by atoms with van der Waals surface area (Å²) in [4.78, 5) is 29.0. The molecule has 0 radical (unpaired) electrons. The average Bonchev–Trinajstić information content (AvgIpc) is 3.19. The van der Waals surface area contributed by atoms with Gasteiger partial charge in [0.1, 0.15) is 0 Å². The number of non-ortho nitro benzene ring substituents is 1. The number of thioether (sulfide) groups is 2. The Bertz CT molecular complexity index is 1070. The molecule has 0 amide bonds. The molecule has 0 saturated heterocycles. The van der Waals surface area contributed by atoms with E-state index in [1.54, 1.807) is 28.5 Å². The summed E-state index contributed by atoms with van der Waals surface area (Å²) in [5.74, 6) is 1.48. The number of benzene rings is 2. The van der Waals surface area contributed by atoms with E-state index >= 15 is 0 Å². The molecule has 3 aromatic rings. The summed E-state index contributed by atoms with van der Waals surface area (Å²) >= 11 is 3.06. The first-order valence-electron chi connectivity index (χ1n) is 8.78. The van der Waals surface area contributed by atoms with Crippen molar-refractivity contribution >= 4 is 29.2 Å². The number of hydrogen-bond acceptors (Lipinski definition) is 6. The number of nitrogens with zero attached hydrogens (tertiary/aromatic N) is 3. The first-order chi connectivity index (χ1) is 13.6. The zero-order valence-electron chi connectivity index (χ0n) is 14.9. The third-order valence-electron chi connectivity index (χ3n) is 4.45. The van der Waals surface area contributed by atoms with Gasteiger partial charge in [-0.1, -0.05) is 54.2 Å². The lowest BCUT2D eigenvalue weighted by atomic mass is 10.2. The van der Waals surface area contributed by atoms with Crippen LogP contribution in [0, 0.1) is 10.1 Å². The molecule has 2 aromatic carbocycles. The highest BCUT2D eigenvalue weighted by atomic mass is 32.2. The van der Waals surface area contributed by atoms with E-state index in [1.165, 1.54) is 23.9 Å². The van der Waals surface area contributed by atoms with Crippen molar-refractivity contribution in [2.24, 2.45) is 0 Å². The fourth-order valence-corrected chi connectivity index (χ4v) is 5.01. The normalized spacial score (nSPS) is 12.7. The van der Waals surface area contributed by atoms with Crippen LogP contribution in [0.5, 0.6) is 0 Å². The average molecular weight is 412 g/mol. The fourth-order valence-electron chi connectivity index (χ4n) is 3.00. The minimum absolute atomic E-state index is 0.0163. The lowest BCUT2D eigenvalue weighted by Crippen LogP contribution is -2.25. The molecule has 0 spiro atoms. The maximum absolute atomic E-state index is 13.0. The number of nitro benzene ring substituents is 1. The first kappa shape index (κ1) is 18.8. The molecule has 0 atom stereocenters. The van der Waals surface area contributed by atoms with Crippen LogP contribution in [0.1, 0.15) is 16.8 Å². The molecule has 28 heavy (non-hydrogen) atoms. The van der Waals surface area contributed by atoms with Crippen LogP contribution in [-0.4, -0.2) is 20.2 Å². The number of aromatic nitrogens is 2. The summed E-state index contributed by atoms with van der Waals surface area (Å²) in [5, 5.41) is 11.5.